The predicted molar refractivity (Wildman–Crippen MR) is 131 cm³/mol. The lowest BCUT2D eigenvalue weighted by Gasteiger charge is -2.27. The van der Waals surface area contributed by atoms with Crippen molar-refractivity contribution in [1.82, 2.24) is 29.7 Å². The van der Waals surface area contributed by atoms with Crippen LogP contribution < -0.4 is 16.4 Å². The fourth-order valence-corrected chi connectivity index (χ4v) is 3.70. The molecule has 184 valence electrons. The topological polar surface area (TPSA) is 143 Å². The Bertz CT molecular complexity index is 1070. The maximum atomic E-state index is 12.1. The molecule has 1 aromatic carbocycles. The second kappa shape index (κ2) is 12.3. The van der Waals surface area contributed by atoms with Crippen LogP contribution in [-0.2, 0) is 17.7 Å². The summed E-state index contributed by atoms with van der Waals surface area (Å²) < 4.78 is 7.27. The minimum Gasteiger partial charge on any atom is -0.388 e. The maximum absolute atomic E-state index is 12.1. The molecule has 1 unspecified atom stereocenters. The van der Waals surface area contributed by atoms with Gasteiger partial charge in [0.05, 0.1) is 25.1 Å². The van der Waals surface area contributed by atoms with Gasteiger partial charge >= 0.3 is 6.03 Å². The van der Waals surface area contributed by atoms with Crippen LogP contribution in [0.3, 0.4) is 0 Å². The number of aliphatic hydroxyl groups excluding tert-OH is 1. The summed E-state index contributed by atoms with van der Waals surface area (Å²) in [5, 5.41) is 16.5. The molecule has 2 amide bonds. The summed E-state index contributed by atoms with van der Waals surface area (Å²) in [6, 6.07) is 7.58. The molecule has 0 spiro atoms. The number of fused-ring (bicyclic) bond motifs is 1. The molecule has 3 aromatic rings. The first-order valence-electron chi connectivity index (χ1n) is 11.4. The van der Waals surface area contributed by atoms with Crippen LogP contribution in [0.5, 0.6) is 0 Å². The second-order valence-electron chi connectivity index (χ2n) is 8.22. The molecule has 0 aliphatic heterocycles. The van der Waals surface area contributed by atoms with Gasteiger partial charge in [0.25, 0.3) is 0 Å². The molecule has 2 heterocycles. The van der Waals surface area contributed by atoms with E-state index in [0.29, 0.717) is 30.1 Å². The third-order valence-electron chi connectivity index (χ3n) is 5.63. The van der Waals surface area contributed by atoms with E-state index in [1.54, 1.807) is 18.0 Å². The SMILES string of the molecule is CCc1cccc(NC(=O)NCCCN(C)CC(OC)[C@@H](O)Cn2cnc3c(N)ncnc32)c1. The summed E-state index contributed by atoms with van der Waals surface area (Å²) in [6.07, 6.45) is 3.45. The molecule has 0 saturated heterocycles. The maximum Gasteiger partial charge on any atom is 0.319 e. The molecule has 2 aromatic heterocycles. The van der Waals surface area contributed by atoms with Gasteiger partial charge in [-0.3, -0.25) is 0 Å². The van der Waals surface area contributed by atoms with E-state index in [9.17, 15) is 9.90 Å². The van der Waals surface area contributed by atoms with Crippen LogP contribution >= 0.6 is 0 Å². The van der Waals surface area contributed by atoms with E-state index in [1.807, 2.05) is 31.3 Å². The quantitative estimate of drug-likeness (QED) is 0.292. The van der Waals surface area contributed by atoms with Crippen LogP contribution in [-0.4, -0.2) is 81.6 Å². The molecule has 11 nitrogen and oxygen atoms in total. The molecule has 5 N–H and O–H groups in total. The molecular weight excluding hydrogens is 436 g/mol. The number of ether oxygens (including phenoxy) is 1. The Hall–Kier alpha value is -3.28. The summed E-state index contributed by atoms with van der Waals surface area (Å²) >= 11 is 0. The molecule has 3 rings (SSSR count). The number of aliphatic hydroxyl groups is 1. The van der Waals surface area contributed by atoms with E-state index in [-0.39, 0.29) is 12.6 Å². The van der Waals surface area contributed by atoms with Gasteiger partial charge in [-0.2, -0.15) is 0 Å². The van der Waals surface area contributed by atoms with E-state index in [4.69, 9.17) is 10.5 Å². The van der Waals surface area contributed by atoms with Gasteiger partial charge in [-0.25, -0.2) is 19.7 Å². The average Bonchev–Trinajstić information content (AvgIpc) is 3.24. The van der Waals surface area contributed by atoms with E-state index in [1.165, 1.54) is 11.9 Å². The van der Waals surface area contributed by atoms with Crippen molar-refractivity contribution in [2.24, 2.45) is 0 Å². The zero-order valence-electron chi connectivity index (χ0n) is 19.9. The number of benzene rings is 1. The Morgan fingerprint density at radius 3 is 2.91 bits per heavy atom. The van der Waals surface area contributed by atoms with Crippen LogP contribution in [0.2, 0.25) is 0 Å². The van der Waals surface area contributed by atoms with Crippen molar-refractivity contribution < 1.29 is 14.6 Å². The highest BCUT2D eigenvalue weighted by Gasteiger charge is 2.22. The number of hydrogen-bond donors (Lipinski definition) is 4. The number of likely N-dealkylation sites (N-methyl/N-ethyl adjacent to an activating group) is 1. The lowest BCUT2D eigenvalue weighted by Crippen LogP contribution is -2.41. The minimum absolute atomic E-state index is 0.224. The molecule has 2 atom stereocenters. The molecular formula is C23H34N8O3. The molecule has 0 saturated carbocycles. The van der Waals surface area contributed by atoms with Crippen molar-refractivity contribution in [3.63, 3.8) is 0 Å². The molecule has 0 fully saturated rings. The first kappa shape index (κ1) is 25.3. The van der Waals surface area contributed by atoms with Gasteiger partial charge in [-0.15, -0.1) is 0 Å². The van der Waals surface area contributed by atoms with Gasteiger partial charge in [0, 0.05) is 25.9 Å². The molecule has 0 aliphatic carbocycles. The summed E-state index contributed by atoms with van der Waals surface area (Å²) in [6.45, 7) is 4.13. The molecule has 34 heavy (non-hydrogen) atoms. The number of aryl methyl sites for hydroxylation is 1. The number of nitrogen functional groups attached to an aromatic ring is 1. The number of nitrogens with zero attached hydrogens (tertiary/aromatic N) is 5. The Morgan fingerprint density at radius 1 is 1.32 bits per heavy atom. The Kier molecular flexibility index (Phi) is 9.14. The van der Waals surface area contributed by atoms with Crippen LogP contribution in [0.4, 0.5) is 16.3 Å². The number of anilines is 2. The van der Waals surface area contributed by atoms with Gasteiger partial charge in [0.2, 0.25) is 0 Å². The molecule has 0 aliphatic rings. The van der Waals surface area contributed by atoms with Crippen molar-refractivity contribution in [3.8, 4) is 0 Å². The van der Waals surface area contributed by atoms with Crippen molar-refractivity contribution in [3.05, 3.63) is 42.5 Å². The smallest absolute Gasteiger partial charge is 0.319 e. The summed E-state index contributed by atoms with van der Waals surface area (Å²) in [5.41, 5.74) is 8.86. The third-order valence-corrected chi connectivity index (χ3v) is 5.63. The van der Waals surface area contributed by atoms with Gasteiger partial charge in [-0.05, 0) is 44.1 Å². The van der Waals surface area contributed by atoms with Crippen LogP contribution in [0, 0.1) is 0 Å². The summed E-state index contributed by atoms with van der Waals surface area (Å²) in [4.78, 5) is 26.6. The summed E-state index contributed by atoms with van der Waals surface area (Å²) in [5.74, 6) is 0.304. The van der Waals surface area contributed by atoms with Gasteiger partial charge < -0.3 is 35.7 Å². The van der Waals surface area contributed by atoms with Gasteiger partial charge in [0.1, 0.15) is 11.8 Å². The first-order valence-corrected chi connectivity index (χ1v) is 11.4. The Labute approximate surface area is 199 Å². The van der Waals surface area contributed by atoms with Crippen molar-refractivity contribution in [2.75, 3.05) is 44.8 Å². The van der Waals surface area contributed by atoms with E-state index >= 15 is 0 Å². The number of aromatic nitrogens is 4. The standard InChI is InChI=1S/C23H34N8O3/c1-4-16-7-5-8-17(11-16)29-23(33)25-9-6-10-30(2)13-19(34-3)18(32)12-31-15-28-20-21(24)26-14-27-22(20)31/h5,7-8,11,14-15,18-19,32H,4,6,9-10,12-13H2,1-3H3,(H2,24,26,27)(H2,25,29,33)/t18-,19?/m0/s1. The first-order chi connectivity index (χ1) is 16.4. The van der Waals surface area contributed by atoms with Gasteiger partial charge in [-0.1, -0.05) is 19.1 Å². The molecule has 0 radical (unpaired) electrons. The number of amides is 2. The van der Waals surface area contributed by atoms with Crippen molar-refractivity contribution >= 4 is 28.7 Å². The fourth-order valence-electron chi connectivity index (χ4n) is 3.70. The second-order valence-corrected chi connectivity index (χ2v) is 8.22. The predicted octanol–water partition coefficient (Wildman–Crippen LogP) is 1.49. The lowest BCUT2D eigenvalue weighted by atomic mass is 10.1. The highest BCUT2D eigenvalue weighted by Crippen LogP contribution is 2.16. The number of rotatable bonds is 12. The van der Waals surface area contributed by atoms with Crippen molar-refractivity contribution in [2.45, 2.75) is 38.5 Å². The zero-order valence-corrected chi connectivity index (χ0v) is 19.9. The number of methoxy groups -OCH3 is 1. The number of hydrogen-bond acceptors (Lipinski definition) is 8. The number of carbonyl (C=O) groups is 1. The van der Waals surface area contributed by atoms with E-state index in [2.05, 4.69) is 37.4 Å². The average molecular weight is 471 g/mol. The number of imidazole rings is 1. The Balaban J connectivity index is 1.40. The van der Waals surface area contributed by atoms with Gasteiger partial charge in [0.15, 0.2) is 11.5 Å². The highest BCUT2D eigenvalue weighted by molar-refractivity contribution is 5.89. The van der Waals surface area contributed by atoms with Crippen LogP contribution in [0.25, 0.3) is 11.2 Å². The third kappa shape index (κ3) is 6.86. The number of nitrogens with two attached hydrogens (primary N) is 1. The Morgan fingerprint density at radius 2 is 2.15 bits per heavy atom. The zero-order chi connectivity index (χ0) is 24.5. The lowest BCUT2D eigenvalue weighted by molar-refractivity contribution is -0.0333. The van der Waals surface area contributed by atoms with E-state index < -0.39 is 12.2 Å². The minimum atomic E-state index is -0.774. The molecule has 0 bridgehead atoms. The fraction of sp³-hybridized carbons (Fsp3) is 0.478. The van der Waals surface area contributed by atoms with Crippen LogP contribution in [0.1, 0.15) is 18.9 Å². The number of carbonyl (C=O) groups excluding carboxylic acids is 1. The normalized spacial score (nSPS) is 13.2. The van der Waals surface area contributed by atoms with Crippen molar-refractivity contribution in [1.29, 1.82) is 0 Å². The van der Waals surface area contributed by atoms with Crippen LogP contribution in [0.15, 0.2) is 36.9 Å². The number of urea groups is 1. The monoisotopic (exact) mass is 470 g/mol. The number of nitrogens with one attached hydrogen (secondary N) is 2. The molecule has 11 heteroatoms. The summed E-state index contributed by atoms with van der Waals surface area (Å²) in [7, 11) is 3.53. The highest BCUT2D eigenvalue weighted by atomic mass is 16.5. The largest absolute Gasteiger partial charge is 0.388 e. The van der Waals surface area contributed by atoms with E-state index in [0.717, 1.165) is 25.1 Å².